The standard InChI is InChI=1S/C16H15ClFN3O4S/c1-25-7-6-21-16(22)12-8-10(2-5-15(12)19-21)20-26(23,24)11-3-4-14(18)13(17)9-11/h2-5,8-9,19-20H,6-7H2,1H3. The molecule has 3 aromatic rings. The summed E-state index contributed by atoms with van der Waals surface area (Å²) in [6.45, 7) is 0.705. The second-order valence-corrected chi connectivity index (χ2v) is 7.59. The first-order valence-corrected chi connectivity index (χ1v) is 9.37. The topological polar surface area (TPSA) is 93.2 Å². The van der Waals surface area contributed by atoms with Gasteiger partial charge in [-0.05, 0) is 36.4 Å². The van der Waals surface area contributed by atoms with E-state index in [9.17, 15) is 17.6 Å². The van der Waals surface area contributed by atoms with Crippen molar-refractivity contribution in [2.75, 3.05) is 18.4 Å². The number of benzene rings is 2. The average molecular weight is 400 g/mol. The van der Waals surface area contributed by atoms with Gasteiger partial charge in [0.15, 0.2) is 0 Å². The number of aromatic nitrogens is 2. The van der Waals surface area contributed by atoms with Crippen molar-refractivity contribution in [1.29, 1.82) is 0 Å². The van der Waals surface area contributed by atoms with Gasteiger partial charge in [0.1, 0.15) is 5.82 Å². The molecule has 7 nitrogen and oxygen atoms in total. The predicted molar refractivity (Wildman–Crippen MR) is 96.7 cm³/mol. The quantitative estimate of drug-likeness (QED) is 0.666. The zero-order valence-corrected chi connectivity index (χ0v) is 15.2. The van der Waals surface area contributed by atoms with Crippen LogP contribution < -0.4 is 10.3 Å². The molecule has 0 aliphatic carbocycles. The molecule has 0 bridgehead atoms. The van der Waals surface area contributed by atoms with Gasteiger partial charge < -0.3 is 4.74 Å². The summed E-state index contributed by atoms with van der Waals surface area (Å²) >= 11 is 5.64. The molecule has 0 amide bonds. The van der Waals surface area contributed by atoms with Gasteiger partial charge in [-0.25, -0.2) is 17.5 Å². The van der Waals surface area contributed by atoms with Crippen molar-refractivity contribution in [2.45, 2.75) is 11.4 Å². The number of anilines is 1. The molecule has 10 heteroatoms. The Morgan fingerprint density at radius 2 is 2.04 bits per heavy atom. The number of rotatable bonds is 6. The minimum Gasteiger partial charge on any atom is -0.383 e. The van der Waals surface area contributed by atoms with Crippen molar-refractivity contribution in [3.05, 3.63) is 57.6 Å². The highest BCUT2D eigenvalue weighted by Gasteiger charge is 2.17. The fourth-order valence-electron chi connectivity index (χ4n) is 2.42. The van der Waals surface area contributed by atoms with E-state index in [-0.39, 0.29) is 21.2 Å². The number of nitrogens with zero attached hydrogens (tertiary/aromatic N) is 1. The van der Waals surface area contributed by atoms with Crippen molar-refractivity contribution in [3.8, 4) is 0 Å². The molecule has 2 aromatic carbocycles. The Morgan fingerprint density at radius 1 is 1.27 bits per heavy atom. The Morgan fingerprint density at radius 3 is 2.73 bits per heavy atom. The van der Waals surface area contributed by atoms with Gasteiger partial charge in [-0.15, -0.1) is 0 Å². The third-order valence-electron chi connectivity index (χ3n) is 3.72. The van der Waals surface area contributed by atoms with Crippen molar-refractivity contribution in [3.63, 3.8) is 0 Å². The van der Waals surface area contributed by atoms with E-state index in [0.29, 0.717) is 24.1 Å². The van der Waals surface area contributed by atoms with Crippen LogP contribution in [-0.2, 0) is 21.3 Å². The van der Waals surface area contributed by atoms with Gasteiger partial charge in [0, 0.05) is 12.8 Å². The molecule has 0 unspecified atom stereocenters. The van der Waals surface area contributed by atoms with E-state index in [4.69, 9.17) is 16.3 Å². The second kappa shape index (κ2) is 7.10. The number of hydrogen-bond donors (Lipinski definition) is 2. The largest absolute Gasteiger partial charge is 0.383 e. The molecule has 26 heavy (non-hydrogen) atoms. The van der Waals surface area contributed by atoms with E-state index in [1.54, 1.807) is 6.07 Å². The lowest BCUT2D eigenvalue weighted by atomic mass is 10.2. The molecule has 1 heterocycles. The van der Waals surface area contributed by atoms with Crippen LogP contribution in [0.1, 0.15) is 0 Å². The number of halogens is 2. The molecule has 1 aromatic heterocycles. The minimum atomic E-state index is -3.98. The van der Waals surface area contributed by atoms with Crippen molar-refractivity contribution < 1.29 is 17.5 Å². The normalized spacial score (nSPS) is 11.8. The molecule has 0 spiro atoms. The summed E-state index contributed by atoms with van der Waals surface area (Å²) in [6.07, 6.45) is 0. The zero-order chi connectivity index (χ0) is 18.9. The van der Waals surface area contributed by atoms with Crippen LogP contribution in [0.4, 0.5) is 10.1 Å². The van der Waals surface area contributed by atoms with E-state index in [2.05, 4.69) is 9.82 Å². The molecule has 0 atom stereocenters. The Balaban J connectivity index is 1.94. The van der Waals surface area contributed by atoms with Crippen LogP contribution in [0.5, 0.6) is 0 Å². The van der Waals surface area contributed by atoms with E-state index < -0.39 is 15.8 Å². The molecule has 0 radical (unpaired) electrons. The molecule has 0 aliphatic rings. The molecule has 2 N–H and O–H groups in total. The van der Waals surface area contributed by atoms with Crippen LogP contribution in [0.25, 0.3) is 10.9 Å². The van der Waals surface area contributed by atoms with Gasteiger partial charge in [0.05, 0.1) is 34.0 Å². The molecule has 138 valence electrons. The van der Waals surface area contributed by atoms with E-state index in [0.717, 1.165) is 18.2 Å². The molecule has 3 rings (SSSR count). The van der Waals surface area contributed by atoms with Gasteiger partial charge in [0.2, 0.25) is 0 Å². The number of H-pyrrole nitrogens is 1. The zero-order valence-electron chi connectivity index (χ0n) is 13.6. The number of sulfonamides is 1. The van der Waals surface area contributed by atoms with Crippen LogP contribution in [0.15, 0.2) is 46.1 Å². The van der Waals surface area contributed by atoms with Crippen LogP contribution in [-0.4, -0.2) is 31.9 Å². The number of fused-ring (bicyclic) bond motifs is 1. The highest BCUT2D eigenvalue weighted by molar-refractivity contribution is 7.92. The monoisotopic (exact) mass is 399 g/mol. The first kappa shape index (κ1) is 18.4. The second-order valence-electron chi connectivity index (χ2n) is 5.50. The summed E-state index contributed by atoms with van der Waals surface area (Å²) in [4.78, 5) is 12.2. The number of ether oxygens (including phenoxy) is 1. The molecular weight excluding hydrogens is 385 g/mol. The van der Waals surface area contributed by atoms with Crippen LogP contribution >= 0.6 is 11.6 Å². The molecule has 0 aliphatic heterocycles. The van der Waals surface area contributed by atoms with Gasteiger partial charge in [-0.3, -0.25) is 14.6 Å². The maximum atomic E-state index is 13.2. The fraction of sp³-hybridized carbons (Fsp3) is 0.188. The number of aromatic amines is 1. The van der Waals surface area contributed by atoms with E-state index >= 15 is 0 Å². The first-order chi connectivity index (χ1) is 12.3. The van der Waals surface area contributed by atoms with Crippen molar-refractivity contribution in [2.24, 2.45) is 0 Å². The minimum absolute atomic E-state index is 0.185. The van der Waals surface area contributed by atoms with Crippen molar-refractivity contribution >= 4 is 38.2 Å². The van der Waals surface area contributed by atoms with Crippen molar-refractivity contribution in [1.82, 2.24) is 9.78 Å². The Bertz CT molecular complexity index is 1120. The third-order valence-corrected chi connectivity index (χ3v) is 5.39. The SMILES string of the molecule is COCCn1[nH]c2ccc(NS(=O)(=O)c3ccc(F)c(Cl)c3)cc2c1=O. The van der Waals surface area contributed by atoms with Gasteiger partial charge in [-0.1, -0.05) is 11.6 Å². The highest BCUT2D eigenvalue weighted by Crippen LogP contribution is 2.23. The number of methoxy groups -OCH3 is 1. The lowest BCUT2D eigenvalue weighted by Crippen LogP contribution is -2.19. The van der Waals surface area contributed by atoms with Crippen LogP contribution in [0.2, 0.25) is 5.02 Å². The number of hydrogen-bond acceptors (Lipinski definition) is 4. The highest BCUT2D eigenvalue weighted by atomic mass is 35.5. The Kier molecular flexibility index (Phi) is 5.03. The maximum Gasteiger partial charge on any atom is 0.274 e. The smallest absolute Gasteiger partial charge is 0.274 e. The van der Waals surface area contributed by atoms with Gasteiger partial charge in [-0.2, -0.15) is 0 Å². The third kappa shape index (κ3) is 3.59. The van der Waals surface area contributed by atoms with Gasteiger partial charge in [0.25, 0.3) is 15.6 Å². The summed E-state index contributed by atoms with van der Waals surface area (Å²) in [6, 6.07) is 7.64. The van der Waals surface area contributed by atoms with E-state index in [1.807, 2.05) is 0 Å². The lowest BCUT2D eigenvalue weighted by molar-refractivity contribution is 0.183. The predicted octanol–water partition coefficient (Wildman–Crippen LogP) is 2.57. The Labute approximate surface area is 153 Å². The molecule has 0 fully saturated rings. The molecule has 0 saturated carbocycles. The van der Waals surface area contributed by atoms with Gasteiger partial charge >= 0.3 is 0 Å². The maximum absolute atomic E-state index is 13.2. The summed E-state index contributed by atoms with van der Waals surface area (Å²) < 4.78 is 46.8. The number of nitrogens with one attached hydrogen (secondary N) is 2. The molecular formula is C16H15ClFN3O4S. The average Bonchev–Trinajstić information content (AvgIpc) is 2.91. The fourth-order valence-corrected chi connectivity index (χ4v) is 3.74. The lowest BCUT2D eigenvalue weighted by Gasteiger charge is -2.08. The first-order valence-electron chi connectivity index (χ1n) is 7.51. The van der Waals surface area contributed by atoms with Crippen LogP contribution in [0.3, 0.4) is 0 Å². The molecule has 0 saturated heterocycles. The summed E-state index contributed by atoms with van der Waals surface area (Å²) in [7, 11) is -2.45. The summed E-state index contributed by atoms with van der Waals surface area (Å²) in [5.41, 5.74) is 0.481. The van der Waals surface area contributed by atoms with Crippen LogP contribution in [0, 0.1) is 5.82 Å². The van der Waals surface area contributed by atoms with E-state index in [1.165, 1.54) is 23.9 Å². The Hall–Kier alpha value is -2.36. The summed E-state index contributed by atoms with van der Waals surface area (Å²) in [5.74, 6) is -0.712. The summed E-state index contributed by atoms with van der Waals surface area (Å²) in [5, 5.41) is 2.96.